The molecule has 5 nitrogen and oxygen atoms in total. The molecule has 23 heavy (non-hydrogen) atoms. The van der Waals surface area contributed by atoms with Gasteiger partial charge in [-0.25, -0.2) is 0 Å². The van der Waals surface area contributed by atoms with Gasteiger partial charge < -0.3 is 19.3 Å². The van der Waals surface area contributed by atoms with Crippen molar-refractivity contribution in [3.8, 4) is 0 Å². The number of aliphatic hydroxyl groups excluding tert-OH is 1. The van der Waals surface area contributed by atoms with Gasteiger partial charge in [-0.2, -0.15) is 0 Å². The number of hydrogen-bond donors (Lipinski definition) is 1. The molecular weight excluding hydrogens is 296 g/mol. The van der Waals surface area contributed by atoms with Gasteiger partial charge in [0.2, 0.25) is 0 Å². The highest BCUT2D eigenvalue weighted by molar-refractivity contribution is 5.69. The van der Waals surface area contributed by atoms with Gasteiger partial charge in [0.1, 0.15) is 6.61 Å². The molecule has 0 aromatic heterocycles. The molecule has 0 radical (unpaired) electrons. The van der Waals surface area contributed by atoms with Gasteiger partial charge in [0.25, 0.3) is 0 Å². The van der Waals surface area contributed by atoms with Crippen molar-refractivity contribution in [1.29, 1.82) is 0 Å². The molecule has 1 saturated heterocycles. The third-order valence-corrected chi connectivity index (χ3v) is 5.06. The van der Waals surface area contributed by atoms with Gasteiger partial charge in [0.05, 0.1) is 19.3 Å². The summed E-state index contributed by atoms with van der Waals surface area (Å²) in [5, 5.41) is 9.76. The largest absolute Gasteiger partial charge is 0.465 e. The zero-order chi connectivity index (χ0) is 16.9. The lowest BCUT2D eigenvalue weighted by Gasteiger charge is -2.35. The van der Waals surface area contributed by atoms with Gasteiger partial charge in [0.15, 0.2) is 6.29 Å². The zero-order valence-corrected chi connectivity index (χ0v) is 14.8. The van der Waals surface area contributed by atoms with E-state index in [-0.39, 0.29) is 23.8 Å². The van der Waals surface area contributed by atoms with Crippen LogP contribution in [-0.4, -0.2) is 43.3 Å². The number of esters is 1. The van der Waals surface area contributed by atoms with Crippen molar-refractivity contribution in [2.45, 2.75) is 71.7 Å². The second-order valence-corrected chi connectivity index (χ2v) is 7.84. The third kappa shape index (κ3) is 5.73. The molecule has 0 aromatic rings. The lowest BCUT2D eigenvalue weighted by Crippen LogP contribution is -2.41. The first-order valence-electron chi connectivity index (χ1n) is 8.95. The van der Waals surface area contributed by atoms with Crippen molar-refractivity contribution in [2.24, 2.45) is 17.3 Å². The van der Waals surface area contributed by atoms with Crippen molar-refractivity contribution in [3.05, 3.63) is 0 Å². The number of ether oxygens (including phenoxy) is 3. The van der Waals surface area contributed by atoms with E-state index in [0.29, 0.717) is 38.1 Å². The summed E-state index contributed by atoms with van der Waals surface area (Å²) in [6, 6.07) is 0. The maximum absolute atomic E-state index is 12.0. The van der Waals surface area contributed by atoms with Crippen LogP contribution in [0.25, 0.3) is 0 Å². The first-order chi connectivity index (χ1) is 10.9. The van der Waals surface area contributed by atoms with Crippen molar-refractivity contribution in [1.82, 2.24) is 0 Å². The standard InChI is InChI=1S/C18H32O5/c1-13-11-14(5-7-15(13)19)6-8-16(20)23-12-18(2,3)17-21-9-4-10-22-17/h13-15,17,19H,4-12H2,1-3H3. The summed E-state index contributed by atoms with van der Waals surface area (Å²) >= 11 is 0. The molecule has 3 unspecified atom stereocenters. The van der Waals surface area contributed by atoms with E-state index in [1.807, 2.05) is 13.8 Å². The predicted molar refractivity (Wildman–Crippen MR) is 86.8 cm³/mol. The summed E-state index contributed by atoms with van der Waals surface area (Å²) in [6.07, 6.45) is 4.62. The summed E-state index contributed by atoms with van der Waals surface area (Å²) in [5.74, 6) is 0.718. The van der Waals surface area contributed by atoms with Crippen LogP contribution in [0.5, 0.6) is 0 Å². The van der Waals surface area contributed by atoms with Crippen molar-refractivity contribution in [3.63, 3.8) is 0 Å². The molecule has 2 aliphatic rings. The van der Waals surface area contributed by atoms with Gasteiger partial charge in [-0.3, -0.25) is 4.79 Å². The maximum atomic E-state index is 12.0. The molecule has 1 heterocycles. The first kappa shape index (κ1) is 18.7. The van der Waals surface area contributed by atoms with Gasteiger partial charge in [-0.15, -0.1) is 0 Å². The minimum absolute atomic E-state index is 0.146. The molecule has 3 atom stereocenters. The molecule has 0 spiro atoms. The van der Waals surface area contributed by atoms with Crippen LogP contribution >= 0.6 is 0 Å². The number of hydrogen-bond acceptors (Lipinski definition) is 5. The normalized spacial score (nSPS) is 30.2. The van der Waals surface area contributed by atoms with E-state index in [0.717, 1.165) is 32.1 Å². The van der Waals surface area contributed by atoms with Crippen LogP contribution in [-0.2, 0) is 19.0 Å². The minimum atomic E-state index is -0.334. The Morgan fingerprint density at radius 2 is 1.96 bits per heavy atom. The smallest absolute Gasteiger partial charge is 0.305 e. The molecule has 1 aliphatic carbocycles. The Morgan fingerprint density at radius 3 is 2.61 bits per heavy atom. The van der Waals surface area contributed by atoms with Gasteiger partial charge in [0, 0.05) is 11.8 Å². The number of carbonyl (C=O) groups excluding carboxylic acids is 1. The summed E-state index contributed by atoms with van der Waals surface area (Å²) in [7, 11) is 0. The lowest BCUT2D eigenvalue weighted by atomic mass is 9.78. The van der Waals surface area contributed by atoms with E-state index in [1.54, 1.807) is 0 Å². The summed E-state index contributed by atoms with van der Waals surface area (Å²) in [6.45, 7) is 7.81. The molecule has 2 rings (SSSR count). The lowest BCUT2D eigenvalue weighted by molar-refractivity contribution is -0.237. The van der Waals surface area contributed by atoms with E-state index in [4.69, 9.17) is 14.2 Å². The van der Waals surface area contributed by atoms with Crippen LogP contribution in [0.1, 0.15) is 59.3 Å². The predicted octanol–water partition coefficient (Wildman–Crippen LogP) is 2.90. The number of rotatable bonds is 6. The second kappa shape index (κ2) is 8.45. The molecule has 1 N–H and O–H groups in total. The number of aliphatic hydroxyl groups is 1. The first-order valence-corrected chi connectivity index (χ1v) is 8.95. The van der Waals surface area contributed by atoms with Crippen molar-refractivity contribution in [2.75, 3.05) is 19.8 Å². The van der Waals surface area contributed by atoms with Crippen LogP contribution in [0, 0.1) is 17.3 Å². The van der Waals surface area contributed by atoms with Crippen molar-refractivity contribution >= 4 is 5.97 Å². The molecule has 1 saturated carbocycles. The van der Waals surface area contributed by atoms with E-state index in [1.165, 1.54) is 0 Å². The zero-order valence-electron chi connectivity index (χ0n) is 14.8. The third-order valence-electron chi connectivity index (χ3n) is 5.06. The Bertz CT molecular complexity index is 376. The SMILES string of the molecule is CC1CC(CCC(=O)OCC(C)(C)C2OCCCO2)CCC1O. The highest BCUT2D eigenvalue weighted by atomic mass is 16.7. The van der Waals surface area contributed by atoms with Crippen LogP contribution < -0.4 is 0 Å². The molecule has 1 aliphatic heterocycles. The molecule has 0 amide bonds. The fourth-order valence-electron chi connectivity index (χ4n) is 3.42. The van der Waals surface area contributed by atoms with E-state index in [2.05, 4.69) is 6.92 Å². The van der Waals surface area contributed by atoms with Crippen LogP contribution in [0.3, 0.4) is 0 Å². The summed E-state index contributed by atoms with van der Waals surface area (Å²) < 4.78 is 16.7. The van der Waals surface area contributed by atoms with Crippen LogP contribution in [0.4, 0.5) is 0 Å². The highest BCUT2D eigenvalue weighted by Crippen LogP contribution is 2.32. The Morgan fingerprint density at radius 1 is 1.26 bits per heavy atom. The molecule has 0 bridgehead atoms. The molecule has 0 aromatic carbocycles. The summed E-state index contributed by atoms with van der Waals surface area (Å²) in [5.41, 5.74) is -0.334. The minimum Gasteiger partial charge on any atom is -0.465 e. The molecule has 2 fully saturated rings. The van der Waals surface area contributed by atoms with Crippen molar-refractivity contribution < 1.29 is 24.1 Å². The Kier molecular flexibility index (Phi) is 6.86. The second-order valence-electron chi connectivity index (χ2n) is 7.84. The van der Waals surface area contributed by atoms with Crippen LogP contribution in [0.15, 0.2) is 0 Å². The molecule has 5 heteroatoms. The average Bonchev–Trinajstić information content (AvgIpc) is 2.55. The van der Waals surface area contributed by atoms with Crippen LogP contribution in [0.2, 0.25) is 0 Å². The average molecular weight is 328 g/mol. The Hall–Kier alpha value is -0.650. The van der Waals surface area contributed by atoms with E-state index >= 15 is 0 Å². The fourth-order valence-corrected chi connectivity index (χ4v) is 3.42. The fraction of sp³-hybridized carbons (Fsp3) is 0.944. The number of carbonyl (C=O) groups is 1. The topological polar surface area (TPSA) is 65.0 Å². The maximum Gasteiger partial charge on any atom is 0.305 e. The molecule has 134 valence electrons. The van der Waals surface area contributed by atoms with Gasteiger partial charge in [-0.1, -0.05) is 20.8 Å². The Labute approximate surface area is 139 Å². The highest BCUT2D eigenvalue weighted by Gasteiger charge is 2.34. The van der Waals surface area contributed by atoms with E-state index < -0.39 is 0 Å². The van der Waals surface area contributed by atoms with E-state index in [9.17, 15) is 9.90 Å². The van der Waals surface area contributed by atoms with Gasteiger partial charge >= 0.3 is 5.97 Å². The Balaban J connectivity index is 1.66. The van der Waals surface area contributed by atoms with Gasteiger partial charge in [-0.05, 0) is 43.9 Å². The monoisotopic (exact) mass is 328 g/mol. The molecular formula is C18H32O5. The quantitative estimate of drug-likeness (QED) is 0.760. The summed E-state index contributed by atoms with van der Waals surface area (Å²) in [4.78, 5) is 12.0.